The summed E-state index contributed by atoms with van der Waals surface area (Å²) >= 11 is 0. The Kier molecular flexibility index (Phi) is 10.6. The summed E-state index contributed by atoms with van der Waals surface area (Å²) < 4.78 is 294. The largest absolute Gasteiger partial charge is 0.289 e. The zero-order chi connectivity index (χ0) is 39.6. The third-order valence-corrected chi connectivity index (χ3v) is 7.77. The molecule has 0 radical (unpaired) electrons. The predicted molar refractivity (Wildman–Crippen MR) is 139 cm³/mol. The van der Waals surface area contributed by atoms with E-state index in [-0.39, 0.29) is 0 Å². The first-order valence-electron chi connectivity index (χ1n) is 13.4. The third kappa shape index (κ3) is 5.66. The summed E-state index contributed by atoms with van der Waals surface area (Å²) in [6.07, 6.45) is -2.98. The number of quaternary nitrogens is 1. The molecule has 1 aliphatic rings. The van der Waals surface area contributed by atoms with E-state index in [9.17, 15) is 52.7 Å². The van der Waals surface area contributed by atoms with Crippen LogP contribution in [-0.2, 0) is 0 Å². The summed E-state index contributed by atoms with van der Waals surface area (Å²) in [6.45, 7) is 4.21. The molecular weight excluding hydrogens is 765 g/mol. The van der Waals surface area contributed by atoms with Gasteiger partial charge in [0.25, 0.3) is 0 Å². The Morgan fingerprint density at radius 1 is 0.269 bits per heavy atom. The molecule has 0 bridgehead atoms. The zero-order valence-electron chi connectivity index (χ0n) is 24.9. The first kappa shape index (κ1) is 39.8. The number of rotatable bonds is 4. The highest BCUT2D eigenvalue weighted by molar-refractivity contribution is 7.20. The maximum atomic E-state index is 15.4. The molecule has 2 N–H and O–H groups in total. The number of nitrogens with two attached hydrogens (primary N) is 1. The molecule has 1 heterocycles. The monoisotopic (exact) mass is 775 g/mol. The van der Waals surface area contributed by atoms with Gasteiger partial charge in [-0.1, -0.05) is 0 Å². The zero-order valence-corrected chi connectivity index (χ0v) is 24.9. The first-order valence-corrected chi connectivity index (χ1v) is 13.4. The van der Waals surface area contributed by atoms with Crippen LogP contribution in [0.25, 0.3) is 0 Å². The number of halogens is 20. The normalized spacial score (nSPS) is 13.0. The summed E-state index contributed by atoms with van der Waals surface area (Å²) in [7, 11) is 0. The average molecular weight is 775 g/mol. The molecule has 52 heavy (non-hydrogen) atoms. The summed E-state index contributed by atoms with van der Waals surface area (Å²) in [5.41, 5.74) is -11.6. The van der Waals surface area contributed by atoms with Crippen LogP contribution in [0, 0.1) is 116 Å². The van der Waals surface area contributed by atoms with E-state index < -0.39 is 144 Å². The van der Waals surface area contributed by atoms with Crippen molar-refractivity contribution >= 4 is 28.0 Å². The maximum absolute atomic E-state index is 15.4. The minimum absolute atomic E-state index is 1.36. The van der Waals surface area contributed by atoms with Crippen LogP contribution in [0.3, 0.4) is 0 Å². The van der Waals surface area contributed by atoms with Crippen molar-refractivity contribution < 1.29 is 93.1 Å². The van der Waals surface area contributed by atoms with E-state index in [0.717, 1.165) is 0 Å². The molecule has 22 heteroatoms. The van der Waals surface area contributed by atoms with Crippen LogP contribution in [0.2, 0.25) is 0 Å². The number of allylic oxidation sites excluding steroid dienone is 4. The molecule has 4 aromatic carbocycles. The molecule has 1 aliphatic heterocycles. The highest BCUT2D eigenvalue weighted by Crippen LogP contribution is 2.30. The molecule has 278 valence electrons. The van der Waals surface area contributed by atoms with Gasteiger partial charge in [-0.15, -0.1) is 21.9 Å². The molecule has 0 aromatic heterocycles. The van der Waals surface area contributed by atoms with Crippen LogP contribution >= 0.6 is 0 Å². The summed E-state index contributed by atoms with van der Waals surface area (Å²) in [6, 6.07) is 0. The maximum Gasteiger partial charge on any atom is 0.200 e. The Hall–Kier alpha value is -5.02. The second kappa shape index (κ2) is 13.8. The quantitative estimate of drug-likeness (QED) is 0.110. The van der Waals surface area contributed by atoms with E-state index >= 15 is 35.1 Å². The van der Waals surface area contributed by atoms with Gasteiger partial charge in [0.2, 0.25) is 0 Å². The van der Waals surface area contributed by atoms with Crippen LogP contribution in [-0.4, -0.2) is 6.15 Å². The van der Waals surface area contributed by atoms with Gasteiger partial charge in [0.15, 0.2) is 69.8 Å². The summed E-state index contributed by atoms with van der Waals surface area (Å²) in [5.74, 6) is -71.4. The molecule has 5 rings (SSSR count). The third-order valence-electron chi connectivity index (χ3n) is 7.77. The summed E-state index contributed by atoms with van der Waals surface area (Å²) in [4.78, 5) is 0. The molecule has 1 nitrogen and oxygen atoms in total. The molecule has 0 unspecified atom stereocenters. The van der Waals surface area contributed by atoms with E-state index in [0.29, 0.717) is 0 Å². The van der Waals surface area contributed by atoms with Gasteiger partial charge in [-0.25, -0.2) is 87.8 Å². The van der Waals surface area contributed by atoms with Crippen molar-refractivity contribution in [2.24, 2.45) is 0 Å². The topological polar surface area (TPSA) is 16.6 Å². The molecule has 0 fully saturated rings. The van der Waals surface area contributed by atoms with E-state index in [4.69, 9.17) is 0 Å². The van der Waals surface area contributed by atoms with Gasteiger partial charge < -0.3 is 0 Å². The number of benzene rings is 4. The molecule has 4 aromatic rings. The molecule has 0 saturated heterocycles. The highest BCUT2D eigenvalue weighted by atomic mass is 19.2. The van der Waals surface area contributed by atoms with Gasteiger partial charge in [-0.2, -0.15) is 0 Å². The van der Waals surface area contributed by atoms with Crippen molar-refractivity contribution in [3.8, 4) is 0 Å². The van der Waals surface area contributed by atoms with Crippen LogP contribution < -0.4 is 27.2 Å². The van der Waals surface area contributed by atoms with Gasteiger partial charge in [0.05, 0.1) is 0 Å². The minimum atomic E-state index is -7.22. The lowest BCUT2D eigenvalue weighted by Gasteiger charge is -2.44. The Labute approximate surface area is 275 Å². The lowest BCUT2D eigenvalue weighted by Crippen LogP contribution is -2.81. The lowest BCUT2D eigenvalue weighted by atomic mass is 9.12. The fraction of sp³-hybridized carbons (Fsp3) is 0.0667. The van der Waals surface area contributed by atoms with E-state index in [2.05, 4.69) is 31.3 Å². The van der Waals surface area contributed by atoms with Crippen LogP contribution in [0.15, 0.2) is 23.5 Å². The van der Waals surface area contributed by atoms with Gasteiger partial charge in [-0.05, 0) is 0 Å². The fourth-order valence-electron chi connectivity index (χ4n) is 5.59. The van der Waals surface area contributed by atoms with Gasteiger partial charge in [0.1, 0.15) is 64.1 Å². The Morgan fingerprint density at radius 3 is 0.519 bits per heavy atom. The Bertz CT molecular complexity index is 1850. The Balaban J connectivity index is 0.000000771. The van der Waals surface area contributed by atoms with Crippen molar-refractivity contribution in [3.05, 3.63) is 140 Å². The van der Waals surface area contributed by atoms with E-state index in [1.54, 1.807) is 0 Å². The number of hydrogen-bond donors (Lipinski definition) is 1. The van der Waals surface area contributed by atoms with Crippen molar-refractivity contribution in [1.82, 2.24) is 0 Å². The lowest BCUT2D eigenvalue weighted by molar-refractivity contribution is -0.549. The van der Waals surface area contributed by atoms with Crippen molar-refractivity contribution in [1.29, 1.82) is 0 Å². The van der Waals surface area contributed by atoms with E-state index in [1.807, 2.05) is 0 Å². The predicted octanol–water partition coefficient (Wildman–Crippen LogP) is 6.22. The molecule has 0 spiro atoms. The molecule has 0 atom stereocenters. The van der Waals surface area contributed by atoms with Crippen molar-refractivity contribution in [2.45, 2.75) is 13.8 Å². The van der Waals surface area contributed by atoms with Crippen LogP contribution in [0.4, 0.5) is 87.8 Å². The van der Waals surface area contributed by atoms with E-state index in [1.165, 1.54) is 11.4 Å². The van der Waals surface area contributed by atoms with Crippen molar-refractivity contribution in [2.75, 3.05) is 0 Å². The number of hydrogen-bond acceptors (Lipinski definition) is 0. The van der Waals surface area contributed by atoms with Gasteiger partial charge >= 0.3 is 0 Å². The first-order chi connectivity index (χ1) is 24.0. The molecule has 0 saturated carbocycles. The smallest absolute Gasteiger partial charge is 0.200 e. The average Bonchev–Trinajstić information content (AvgIpc) is 3.49. The van der Waals surface area contributed by atoms with Crippen molar-refractivity contribution in [3.63, 3.8) is 0 Å². The highest BCUT2D eigenvalue weighted by Gasteiger charge is 2.52. The minimum Gasteiger partial charge on any atom is -0.289 e. The molecular formula is C30H10BF20N. The van der Waals surface area contributed by atoms with Gasteiger partial charge in [-0.3, -0.25) is 5.32 Å². The standard InChI is InChI=1S/C24BF20.C6H9N/c26-5-1(6(27)14(35)21(42)13(5)34)25(2-7(28)15(36)22(43)16(37)8(2)29,3-9(30)17(38)23(44)18(39)10(3)31)4-11(32)19(40)24(45)20(41)12(4)33;1-5-3-4-6(2)7-5/h;3-4,7H,1-2H3/q-1;/p+1. The summed E-state index contributed by atoms with van der Waals surface area (Å²) in [5, 5.41) is 2.17. The molecule has 0 amide bonds. The molecule has 0 aliphatic carbocycles. The van der Waals surface area contributed by atoms with Crippen LogP contribution in [0.5, 0.6) is 0 Å². The SMILES string of the molecule is CC1=CC=C(C)[NH2+]1.Fc1c(F)c(F)c([B-](c2c(F)c(F)c(F)c(F)c2F)(c2c(F)c(F)c(F)c(F)c2F)c2c(F)c(F)c(F)c(F)c2F)c(F)c1F. The second-order valence-electron chi connectivity index (χ2n) is 10.8. The van der Waals surface area contributed by atoms with Gasteiger partial charge in [0, 0.05) is 26.0 Å². The second-order valence-corrected chi connectivity index (χ2v) is 10.8. The van der Waals surface area contributed by atoms with Crippen LogP contribution in [0.1, 0.15) is 13.8 Å². The Morgan fingerprint density at radius 2 is 0.404 bits per heavy atom. The fourth-order valence-corrected chi connectivity index (χ4v) is 5.59.